The van der Waals surface area contributed by atoms with Crippen molar-refractivity contribution in [1.29, 1.82) is 0 Å². The molecule has 0 aromatic carbocycles. The van der Waals surface area contributed by atoms with Crippen LogP contribution in [0.3, 0.4) is 0 Å². The first-order valence-corrected chi connectivity index (χ1v) is 8.12. The molecule has 19 heavy (non-hydrogen) atoms. The second kappa shape index (κ2) is 8.50. The van der Waals surface area contributed by atoms with Gasteiger partial charge in [0.05, 0.1) is 0 Å². The molecule has 114 valence electrons. The minimum atomic E-state index is -3.69. The number of rotatable bonds is 10. The molecule has 0 unspecified atom stereocenters. The smallest absolute Gasteiger partial charge is 0.318 e. The predicted molar refractivity (Wildman–Crippen MR) is 75.1 cm³/mol. The molecule has 0 rings (SSSR count). The van der Waals surface area contributed by atoms with Crippen LogP contribution >= 0.6 is 0 Å². The van der Waals surface area contributed by atoms with Gasteiger partial charge in [-0.1, -0.05) is 27.7 Å². The molecule has 0 aliphatic rings. The zero-order valence-corrected chi connectivity index (χ0v) is 13.1. The molecular weight excluding hydrogens is 268 g/mol. The number of hydrogen-bond acceptors (Lipinski definition) is 3. The Hall–Kier alpha value is -0.660. The van der Waals surface area contributed by atoms with Gasteiger partial charge in [-0.25, -0.2) is 0 Å². The van der Waals surface area contributed by atoms with Gasteiger partial charge in [-0.15, -0.1) is 0 Å². The summed E-state index contributed by atoms with van der Waals surface area (Å²) in [5, 5.41) is 8.88. The Labute approximate surface area is 116 Å². The van der Waals surface area contributed by atoms with E-state index in [1.54, 1.807) is 0 Å². The summed E-state index contributed by atoms with van der Waals surface area (Å²) in [7, 11) is -3.69. The molecule has 0 heterocycles. The van der Waals surface area contributed by atoms with Crippen LogP contribution < -0.4 is 0 Å². The van der Waals surface area contributed by atoms with Crippen LogP contribution in [0.5, 0.6) is 0 Å². The highest BCUT2D eigenvalue weighted by Gasteiger charge is 2.30. The van der Waals surface area contributed by atoms with E-state index in [4.69, 9.17) is 5.11 Å². The van der Waals surface area contributed by atoms with Crippen LogP contribution in [0.2, 0.25) is 0 Å². The van der Waals surface area contributed by atoms with E-state index in [1.165, 1.54) is 4.31 Å². The monoisotopic (exact) mass is 294 g/mol. The van der Waals surface area contributed by atoms with Crippen molar-refractivity contribution in [2.75, 3.05) is 26.2 Å². The molecule has 7 heteroatoms. The fraction of sp³-hybridized carbons (Fsp3) is 0.917. The van der Waals surface area contributed by atoms with Crippen LogP contribution in [0.4, 0.5) is 0 Å². The van der Waals surface area contributed by atoms with Gasteiger partial charge >= 0.3 is 5.97 Å². The molecule has 0 saturated carbocycles. The van der Waals surface area contributed by atoms with Gasteiger partial charge in [0, 0.05) is 19.6 Å². The van der Waals surface area contributed by atoms with E-state index < -0.39 is 22.7 Å². The first-order valence-electron chi connectivity index (χ1n) is 6.72. The summed E-state index contributed by atoms with van der Waals surface area (Å²) >= 11 is 0. The Morgan fingerprint density at radius 1 is 1.11 bits per heavy atom. The summed E-state index contributed by atoms with van der Waals surface area (Å²) in [6.45, 7) is 8.13. The quantitative estimate of drug-likeness (QED) is 0.660. The largest absolute Gasteiger partial charge is 0.480 e. The van der Waals surface area contributed by atoms with Crippen LogP contribution in [0.25, 0.3) is 0 Å². The second-order valence-electron chi connectivity index (χ2n) is 4.99. The highest BCUT2D eigenvalue weighted by Crippen LogP contribution is 2.12. The van der Waals surface area contributed by atoms with Gasteiger partial charge in [0.2, 0.25) is 0 Å². The number of nitrogens with zero attached hydrogens (tertiary/aromatic N) is 2. The number of hydrogen-bond donors (Lipinski definition) is 1. The molecule has 0 radical (unpaired) electrons. The van der Waals surface area contributed by atoms with E-state index >= 15 is 0 Å². The number of carboxylic acid groups (broad SMARTS) is 1. The Balaban J connectivity index is 5.16. The number of carbonyl (C=O) groups is 1. The fourth-order valence-electron chi connectivity index (χ4n) is 1.80. The topological polar surface area (TPSA) is 77.9 Å². The minimum Gasteiger partial charge on any atom is -0.480 e. The van der Waals surface area contributed by atoms with Crippen molar-refractivity contribution in [2.24, 2.45) is 5.92 Å². The highest BCUT2D eigenvalue weighted by atomic mass is 32.2. The molecule has 0 aliphatic carbocycles. The third-order valence-corrected chi connectivity index (χ3v) is 4.43. The van der Waals surface area contributed by atoms with E-state index in [-0.39, 0.29) is 12.5 Å². The molecule has 0 bridgehead atoms. The van der Waals surface area contributed by atoms with Crippen LogP contribution in [0.1, 0.15) is 40.5 Å². The molecule has 0 spiro atoms. The maximum Gasteiger partial charge on any atom is 0.318 e. The molecule has 6 nitrogen and oxygen atoms in total. The number of carboxylic acids is 1. The van der Waals surface area contributed by atoms with E-state index in [0.717, 1.165) is 4.31 Å². The Morgan fingerprint density at radius 3 is 1.89 bits per heavy atom. The molecule has 1 N–H and O–H groups in total. The fourth-order valence-corrected chi connectivity index (χ4v) is 3.72. The van der Waals surface area contributed by atoms with Crippen LogP contribution in [0.15, 0.2) is 0 Å². The Kier molecular flexibility index (Phi) is 8.20. The summed E-state index contributed by atoms with van der Waals surface area (Å²) in [6, 6.07) is 0. The summed E-state index contributed by atoms with van der Waals surface area (Å²) in [5.41, 5.74) is 0. The molecule has 0 fully saturated rings. The van der Waals surface area contributed by atoms with E-state index in [0.29, 0.717) is 25.9 Å². The standard InChI is InChI=1S/C12H26N2O4S/c1-5-7-13(8-6-2)19(17,18)14(9-11(3)4)10-12(15)16/h11H,5-10H2,1-4H3,(H,15,16). The maximum absolute atomic E-state index is 12.5. The summed E-state index contributed by atoms with van der Waals surface area (Å²) in [5.74, 6) is -1.04. The average Bonchev–Trinajstić information content (AvgIpc) is 2.26. The van der Waals surface area contributed by atoms with Gasteiger partial charge in [0.25, 0.3) is 10.2 Å². The van der Waals surface area contributed by atoms with Crippen molar-refractivity contribution >= 4 is 16.2 Å². The van der Waals surface area contributed by atoms with Crippen molar-refractivity contribution in [2.45, 2.75) is 40.5 Å². The minimum absolute atomic E-state index is 0.0826. The Morgan fingerprint density at radius 2 is 1.58 bits per heavy atom. The lowest BCUT2D eigenvalue weighted by molar-refractivity contribution is -0.137. The molecular formula is C12H26N2O4S. The van der Waals surface area contributed by atoms with Gasteiger partial charge < -0.3 is 5.11 Å². The maximum atomic E-state index is 12.5. The summed E-state index contributed by atoms with van der Waals surface area (Å²) < 4.78 is 27.4. The highest BCUT2D eigenvalue weighted by molar-refractivity contribution is 7.86. The molecule has 0 aliphatic heterocycles. The van der Waals surface area contributed by atoms with Gasteiger partial charge in [0.1, 0.15) is 6.54 Å². The zero-order chi connectivity index (χ0) is 15.1. The lowest BCUT2D eigenvalue weighted by Crippen LogP contribution is -2.47. The summed E-state index contributed by atoms with van der Waals surface area (Å²) in [6.07, 6.45) is 1.42. The van der Waals surface area contributed by atoms with Gasteiger partial charge in [-0.3, -0.25) is 4.79 Å². The molecule has 0 aromatic heterocycles. The van der Waals surface area contributed by atoms with Gasteiger partial charge in [-0.05, 0) is 18.8 Å². The van der Waals surface area contributed by atoms with Crippen LogP contribution in [-0.2, 0) is 15.0 Å². The first-order chi connectivity index (χ1) is 8.75. The first kappa shape index (κ1) is 18.3. The van der Waals surface area contributed by atoms with Crippen molar-refractivity contribution in [1.82, 2.24) is 8.61 Å². The van der Waals surface area contributed by atoms with E-state index in [9.17, 15) is 13.2 Å². The number of aliphatic carboxylic acids is 1. The summed E-state index contributed by atoms with van der Waals surface area (Å²) in [4.78, 5) is 10.9. The van der Waals surface area contributed by atoms with Gasteiger partial charge in [-0.2, -0.15) is 17.0 Å². The molecule has 0 amide bonds. The molecule has 0 saturated heterocycles. The van der Waals surface area contributed by atoms with E-state index in [1.807, 2.05) is 27.7 Å². The van der Waals surface area contributed by atoms with E-state index in [2.05, 4.69) is 0 Å². The SMILES string of the molecule is CCCN(CCC)S(=O)(=O)N(CC(=O)O)CC(C)C. The third-order valence-electron chi connectivity index (χ3n) is 2.48. The van der Waals surface area contributed by atoms with Crippen molar-refractivity contribution < 1.29 is 18.3 Å². The van der Waals surface area contributed by atoms with Gasteiger partial charge in [0.15, 0.2) is 0 Å². The predicted octanol–water partition coefficient (Wildman–Crippen LogP) is 1.40. The normalized spacial score (nSPS) is 12.6. The van der Waals surface area contributed by atoms with Crippen LogP contribution in [-0.4, -0.2) is 54.3 Å². The average molecular weight is 294 g/mol. The molecule has 0 atom stereocenters. The Bertz CT molecular complexity index is 362. The zero-order valence-electron chi connectivity index (χ0n) is 12.3. The van der Waals surface area contributed by atoms with Crippen LogP contribution in [0, 0.1) is 5.92 Å². The van der Waals surface area contributed by atoms with Crippen molar-refractivity contribution in [3.8, 4) is 0 Å². The van der Waals surface area contributed by atoms with Crippen molar-refractivity contribution in [3.05, 3.63) is 0 Å². The lowest BCUT2D eigenvalue weighted by atomic mass is 10.2. The van der Waals surface area contributed by atoms with Crippen molar-refractivity contribution in [3.63, 3.8) is 0 Å². The molecule has 0 aromatic rings. The third kappa shape index (κ3) is 6.35. The second-order valence-corrected chi connectivity index (χ2v) is 6.92. The lowest BCUT2D eigenvalue weighted by Gasteiger charge is -2.29.